The van der Waals surface area contributed by atoms with Crippen molar-refractivity contribution in [2.45, 2.75) is 18.0 Å². The highest BCUT2D eigenvalue weighted by molar-refractivity contribution is 7.90. The molecule has 2 aromatic heterocycles. The SMILES string of the molecule is CN(Cc1ccccc1)Cc1cc(-c2ccc(-c3cccc(S(C)(=O)=O)c3)s2)n(-c2ccccc2Cl)n1. The maximum Gasteiger partial charge on any atom is 0.175 e. The number of aromatic nitrogens is 2. The Morgan fingerprint density at radius 3 is 2.35 bits per heavy atom. The van der Waals surface area contributed by atoms with Gasteiger partial charge < -0.3 is 0 Å². The van der Waals surface area contributed by atoms with Crippen LogP contribution in [0.5, 0.6) is 0 Å². The number of sulfone groups is 1. The molecular weight excluding hydrogens is 522 g/mol. The van der Waals surface area contributed by atoms with E-state index in [1.165, 1.54) is 11.8 Å². The van der Waals surface area contributed by atoms with Gasteiger partial charge in [0.2, 0.25) is 0 Å². The molecule has 0 aliphatic heterocycles. The molecule has 0 fully saturated rings. The second-order valence-corrected chi connectivity index (χ2v) is 12.5. The van der Waals surface area contributed by atoms with Gasteiger partial charge in [0.05, 0.1) is 31.9 Å². The van der Waals surface area contributed by atoms with Crippen LogP contribution < -0.4 is 0 Å². The number of nitrogens with zero attached hydrogens (tertiary/aromatic N) is 3. The first-order chi connectivity index (χ1) is 17.8. The Kier molecular flexibility index (Phi) is 7.31. The minimum absolute atomic E-state index is 0.310. The first-order valence-corrected chi connectivity index (χ1v) is 14.8. The number of para-hydroxylation sites is 1. The van der Waals surface area contributed by atoms with Crippen LogP contribution in [0.3, 0.4) is 0 Å². The summed E-state index contributed by atoms with van der Waals surface area (Å²) < 4.78 is 26.0. The van der Waals surface area contributed by atoms with Crippen molar-refractivity contribution in [1.82, 2.24) is 14.7 Å². The summed E-state index contributed by atoms with van der Waals surface area (Å²) in [5.41, 5.74) is 4.79. The molecule has 0 bridgehead atoms. The van der Waals surface area contributed by atoms with Crippen LogP contribution in [0.15, 0.2) is 102 Å². The Morgan fingerprint density at radius 1 is 0.865 bits per heavy atom. The summed E-state index contributed by atoms with van der Waals surface area (Å²) in [6.07, 6.45) is 1.23. The van der Waals surface area contributed by atoms with Crippen molar-refractivity contribution in [2.24, 2.45) is 0 Å². The van der Waals surface area contributed by atoms with Gasteiger partial charge in [-0.05, 0) is 60.6 Å². The zero-order chi connectivity index (χ0) is 26.0. The highest BCUT2D eigenvalue weighted by atomic mass is 35.5. The third kappa shape index (κ3) is 5.86. The normalized spacial score (nSPS) is 11.8. The van der Waals surface area contributed by atoms with Crippen LogP contribution in [0.1, 0.15) is 11.3 Å². The number of hydrogen-bond acceptors (Lipinski definition) is 5. The number of rotatable bonds is 8. The van der Waals surface area contributed by atoms with E-state index >= 15 is 0 Å². The van der Waals surface area contributed by atoms with Gasteiger partial charge in [-0.3, -0.25) is 4.90 Å². The molecule has 0 amide bonds. The summed E-state index contributed by atoms with van der Waals surface area (Å²) >= 11 is 8.17. The van der Waals surface area contributed by atoms with Gasteiger partial charge >= 0.3 is 0 Å². The average Bonchev–Trinajstić information content (AvgIpc) is 3.52. The smallest absolute Gasteiger partial charge is 0.175 e. The van der Waals surface area contributed by atoms with Crippen molar-refractivity contribution in [3.8, 4) is 26.7 Å². The maximum atomic E-state index is 12.1. The standard InChI is InChI=1S/C29H26ClN3O2S2/c1-32(19-21-9-4-3-5-10-21)20-23-18-27(33(31-23)26-14-7-6-13-25(26)30)29-16-15-28(36-29)22-11-8-12-24(17-22)37(2,34)35/h3-18H,19-20H2,1-2H3. The average molecular weight is 548 g/mol. The monoisotopic (exact) mass is 547 g/mol. The van der Waals surface area contributed by atoms with Crippen molar-refractivity contribution < 1.29 is 8.42 Å². The molecule has 0 saturated heterocycles. The predicted octanol–water partition coefficient (Wildman–Crippen LogP) is 6.96. The molecule has 8 heteroatoms. The van der Waals surface area contributed by atoms with Crippen LogP contribution in [0, 0.1) is 0 Å². The van der Waals surface area contributed by atoms with E-state index in [1.807, 2.05) is 59.3 Å². The first-order valence-electron chi connectivity index (χ1n) is 11.7. The summed E-state index contributed by atoms with van der Waals surface area (Å²) in [4.78, 5) is 4.54. The summed E-state index contributed by atoms with van der Waals surface area (Å²) in [6, 6.07) is 31.3. The largest absolute Gasteiger partial charge is 0.296 e. The van der Waals surface area contributed by atoms with E-state index in [-0.39, 0.29) is 0 Å². The van der Waals surface area contributed by atoms with Gasteiger partial charge in [-0.1, -0.05) is 66.2 Å². The van der Waals surface area contributed by atoms with E-state index in [1.54, 1.807) is 29.5 Å². The number of benzene rings is 3. The summed E-state index contributed by atoms with van der Waals surface area (Å²) in [6.45, 7) is 1.49. The second kappa shape index (κ2) is 10.6. The lowest BCUT2D eigenvalue weighted by atomic mass is 10.2. The molecule has 0 atom stereocenters. The van der Waals surface area contributed by atoms with Crippen LogP contribution >= 0.6 is 22.9 Å². The van der Waals surface area contributed by atoms with Crippen molar-refractivity contribution >= 4 is 32.8 Å². The number of thiophene rings is 1. The molecule has 2 heterocycles. The van der Waals surface area contributed by atoms with Gasteiger partial charge in [0.15, 0.2) is 9.84 Å². The van der Waals surface area contributed by atoms with Gasteiger partial charge in [-0.15, -0.1) is 11.3 Å². The molecule has 0 saturated carbocycles. The Balaban J connectivity index is 1.50. The van der Waals surface area contributed by atoms with Gasteiger partial charge in [0.25, 0.3) is 0 Å². The lowest BCUT2D eigenvalue weighted by Gasteiger charge is -2.15. The molecule has 0 aliphatic carbocycles. The fourth-order valence-corrected chi connectivity index (χ4v) is 6.11. The fraction of sp³-hybridized carbons (Fsp3) is 0.138. The topological polar surface area (TPSA) is 55.2 Å². The van der Waals surface area contributed by atoms with Crippen LogP contribution in [0.4, 0.5) is 0 Å². The van der Waals surface area contributed by atoms with E-state index in [0.717, 1.165) is 38.9 Å². The van der Waals surface area contributed by atoms with Crippen LogP contribution in [-0.2, 0) is 22.9 Å². The summed E-state index contributed by atoms with van der Waals surface area (Å²) in [7, 11) is -1.20. The maximum absolute atomic E-state index is 12.1. The van der Waals surface area contributed by atoms with Gasteiger partial charge in [0, 0.05) is 24.2 Å². The van der Waals surface area contributed by atoms with Crippen LogP contribution in [-0.4, -0.2) is 36.4 Å². The fourth-order valence-electron chi connectivity index (χ4n) is 4.23. The molecule has 0 aliphatic rings. The van der Waals surface area contributed by atoms with Gasteiger partial charge in [-0.25, -0.2) is 13.1 Å². The van der Waals surface area contributed by atoms with Crippen molar-refractivity contribution in [2.75, 3.05) is 13.3 Å². The molecule has 188 valence electrons. The molecule has 5 rings (SSSR count). The van der Waals surface area contributed by atoms with Crippen molar-refractivity contribution in [3.05, 3.63) is 113 Å². The zero-order valence-electron chi connectivity index (χ0n) is 20.5. The van der Waals surface area contributed by atoms with Gasteiger partial charge in [0.1, 0.15) is 0 Å². The predicted molar refractivity (Wildman–Crippen MR) is 152 cm³/mol. The Morgan fingerprint density at radius 2 is 1.59 bits per heavy atom. The molecular formula is C29H26ClN3O2S2. The molecule has 37 heavy (non-hydrogen) atoms. The van der Waals surface area contributed by atoms with E-state index < -0.39 is 9.84 Å². The first kappa shape index (κ1) is 25.4. The minimum Gasteiger partial charge on any atom is -0.296 e. The summed E-state index contributed by atoms with van der Waals surface area (Å²) in [5.74, 6) is 0. The summed E-state index contributed by atoms with van der Waals surface area (Å²) in [5, 5.41) is 5.56. The number of hydrogen-bond donors (Lipinski definition) is 0. The van der Waals surface area contributed by atoms with E-state index in [2.05, 4.69) is 36.2 Å². The van der Waals surface area contributed by atoms with Crippen LogP contribution in [0.2, 0.25) is 5.02 Å². The second-order valence-electron chi connectivity index (χ2n) is 9.01. The molecule has 5 aromatic rings. The lowest BCUT2D eigenvalue weighted by molar-refractivity contribution is 0.314. The Labute approximate surface area is 226 Å². The van der Waals surface area contributed by atoms with E-state index in [9.17, 15) is 8.42 Å². The van der Waals surface area contributed by atoms with Crippen molar-refractivity contribution in [3.63, 3.8) is 0 Å². The molecule has 0 spiro atoms. The Bertz CT molecular complexity index is 1640. The van der Waals surface area contributed by atoms with Crippen LogP contribution in [0.25, 0.3) is 26.7 Å². The lowest BCUT2D eigenvalue weighted by Crippen LogP contribution is -2.17. The van der Waals surface area contributed by atoms with E-state index in [4.69, 9.17) is 16.7 Å². The highest BCUT2D eigenvalue weighted by Gasteiger charge is 2.18. The molecule has 0 N–H and O–H groups in total. The van der Waals surface area contributed by atoms with Gasteiger partial charge in [-0.2, -0.15) is 5.10 Å². The third-order valence-corrected chi connectivity index (χ3v) is 8.56. The zero-order valence-corrected chi connectivity index (χ0v) is 22.9. The minimum atomic E-state index is -3.29. The molecule has 5 nitrogen and oxygen atoms in total. The third-order valence-electron chi connectivity index (χ3n) is 5.97. The highest BCUT2D eigenvalue weighted by Crippen LogP contribution is 2.37. The molecule has 0 radical (unpaired) electrons. The molecule has 3 aromatic carbocycles. The van der Waals surface area contributed by atoms with E-state index in [0.29, 0.717) is 16.5 Å². The Hall–Kier alpha value is -3.23. The number of halogens is 1. The quantitative estimate of drug-likeness (QED) is 0.211. The molecule has 0 unspecified atom stereocenters. The van der Waals surface area contributed by atoms with Crippen molar-refractivity contribution in [1.29, 1.82) is 0 Å².